The summed E-state index contributed by atoms with van der Waals surface area (Å²) >= 11 is 0. The average Bonchev–Trinajstić information content (AvgIpc) is 4.01. The Labute approximate surface area is 343 Å². The Morgan fingerprint density at radius 2 is 1.82 bits per heavy atom. The van der Waals surface area contributed by atoms with Crippen molar-refractivity contribution >= 4 is 62.8 Å². The van der Waals surface area contributed by atoms with Gasteiger partial charge in [0.2, 0.25) is 11.9 Å². The molecule has 2 fully saturated rings. The highest BCUT2D eigenvalue weighted by atomic mass is 31.2. The van der Waals surface area contributed by atoms with E-state index in [1.54, 1.807) is 44.2 Å². The molecule has 2 unspecified atom stereocenters. The number of nitriles is 1. The third-order valence-electron chi connectivity index (χ3n) is 9.15. The Morgan fingerprint density at radius 1 is 1.05 bits per heavy atom. The van der Waals surface area contributed by atoms with Crippen LogP contribution in [0, 0.1) is 17.2 Å². The molecule has 0 aliphatic carbocycles. The number of anilines is 2. The van der Waals surface area contributed by atoms with E-state index >= 15 is 8.78 Å². The Morgan fingerprint density at radius 3 is 2.54 bits per heavy atom. The van der Waals surface area contributed by atoms with Gasteiger partial charge in [-0.2, -0.15) is 14.9 Å². The van der Waals surface area contributed by atoms with Gasteiger partial charge in [-0.3, -0.25) is 33.8 Å². The first-order valence-corrected chi connectivity index (χ1v) is 20.6. The highest BCUT2D eigenvalue weighted by molar-refractivity contribution is 7.41. The summed E-state index contributed by atoms with van der Waals surface area (Å²) in [5.74, 6) is -1.77. The van der Waals surface area contributed by atoms with Gasteiger partial charge < -0.3 is 42.9 Å². The molecule has 0 radical (unpaired) electrons. The molecule has 61 heavy (non-hydrogen) atoms. The van der Waals surface area contributed by atoms with Crippen molar-refractivity contribution in [2.24, 2.45) is 5.92 Å². The number of H-pyrrole nitrogens is 1. The van der Waals surface area contributed by atoms with Gasteiger partial charge in [-0.15, -0.1) is 5.10 Å². The Kier molecular flexibility index (Phi) is 13.7. The fourth-order valence-electron chi connectivity index (χ4n) is 6.19. The number of aliphatic hydroxyl groups excluding tert-OH is 1. The predicted octanol–water partition coefficient (Wildman–Crippen LogP) is 1.99. The maximum atomic E-state index is 16.2. The highest BCUT2D eigenvalue weighted by Crippen LogP contribution is 2.49. The number of halogens is 2. The Hall–Kier alpha value is -5.32. The van der Waals surface area contributed by atoms with Crippen molar-refractivity contribution in [3.8, 4) is 6.07 Å². The molecular formula is C33H36F2N12O12P2. The number of hydrogen-bond acceptors (Lipinski definition) is 18. The molecule has 0 spiro atoms. The number of aliphatic hydroxyl groups is 1. The van der Waals surface area contributed by atoms with Crippen LogP contribution < -0.4 is 16.2 Å². The molecule has 0 saturated carbocycles. The van der Waals surface area contributed by atoms with Gasteiger partial charge >= 0.3 is 16.9 Å². The molecule has 4 aromatic heterocycles. The van der Waals surface area contributed by atoms with Crippen molar-refractivity contribution in [3.05, 3.63) is 58.9 Å². The first-order valence-electron chi connectivity index (χ1n) is 18.3. The van der Waals surface area contributed by atoms with E-state index in [1.807, 2.05) is 6.07 Å². The molecule has 2 saturated heterocycles. The zero-order valence-corrected chi connectivity index (χ0v) is 33.7. The van der Waals surface area contributed by atoms with E-state index in [4.69, 9.17) is 27.6 Å². The standard InChI is InChI=1S/C33H36F2N12O12P2/c1-15(2)28(49)42-33-41-27-22(30(51)43-33)39-14-46(27)32-24(19(34)17(11-48)56-32)59-61(54-10-6-9-36)55-12-18-23(58-60(52)53)20(35)31(57-18)47-26-21(44-45-47)25(37-13-38-26)40-29(50)16-7-4-3-5-8-16/h3-5,7-8,13-15,17-20,23-24,31-32,48,60H,6,10-12H2,1-2H3,(H,52,53)(H,37,38,40,50)(H2,41,42,43,49,51)/t17-,18-,19-,20+,23-,24-,31-,32-,61?/m1/s1. The van der Waals surface area contributed by atoms with Crippen molar-refractivity contribution < 1.29 is 60.5 Å². The SMILES string of the molecule is CC(C)C(=O)Nc1nc2c(ncn2[C@@H]2O[C@H](CO)[C@@H](F)[C@H]2OP(OCCC#N)OC[C@H]2O[C@@H](n3nnc4c(NC(=O)c5ccccc5)ncnc43)[C@@H](F)[C@@H]2O[PH](=O)O)c(=O)[nH]1. The minimum absolute atomic E-state index is 0.0457. The van der Waals surface area contributed by atoms with E-state index in [0.29, 0.717) is 5.56 Å². The van der Waals surface area contributed by atoms with Crippen LogP contribution in [0.5, 0.6) is 0 Å². The molecule has 2 aliphatic heterocycles. The van der Waals surface area contributed by atoms with Crippen LogP contribution >= 0.6 is 16.9 Å². The van der Waals surface area contributed by atoms with Gasteiger partial charge in [0, 0.05) is 11.5 Å². The third kappa shape index (κ3) is 9.46. The lowest BCUT2D eigenvalue weighted by Crippen LogP contribution is -2.34. The average molecular weight is 893 g/mol. The summed E-state index contributed by atoms with van der Waals surface area (Å²) in [5, 5.41) is 32.2. The quantitative estimate of drug-likeness (QED) is 0.0658. The summed E-state index contributed by atoms with van der Waals surface area (Å²) in [6.45, 7) is 1.43. The molecule has 10 atom stereocenters. The van der Waals surface area contributed by atoms with E-state index in [-0.39, 0.29) is 47.1 Å². The molecule has 28 heteroatoms. The lowest BCUT2D eigenvalue weighted by atomic mass is 10.1. The monoisotopic (exact) mass is 892 g/mol. The predicted molar refractivity (Wildman–Crippen MR) is 204 cm³/mol. The second-order valence-electron chi connectivity index (χ2n) is 13.5. The van der Waals surface area contributed by atoms with Gasteiger partial charge in [0.15, 0.2) is 52.9 Å². The van der Waals surface area contributed by atoms with Crippen LogP contribution in [0.1, 0.15) is 43.1 Å². The molecule has 5 aromatic rings. The number of carbonyl (C=O) groups is 2. The van der Waals surface area contributed by atoms with E-state index in [1.165, 1.54) is 0 Å². The molecule has 5 N–H and O–H groups in total. The topological polar surface area (TPSA) is 315 Å². The molecule has 1 aromatic carbocycles. The summed E-state index contributed by atoms with van der Waals surface area (Å²) in [5.41, 5.74) is -0.937. The molecule has 0 bridgehead atoms. The number of nitrogens with one attached hydrogen (secondary N) is 3. The van der Waals surface area contributed by atoms with Gasteiger partial charge in [-0.1, -0.05) is 37.3 Å². The zero-order chi connectivity index (χ0) is 43.4. The van der Waals surface area contributed by atoms with Gasteiger partial charge in [-0.05, 0) is 12.1 Å². The van der Waals surface area contributed by atoms with Crippen LogP contribution in [0.3, 0.4) is 0 Å². The van der Waals surface area contributed by atoms with Crippen LogP contribution in [0.2, 0.25) is 0 Å². The molecule has 24 nitrogen and oxygen atoms in total. The fourth-order valence-corrected chi connectivity index (χ4v) is 7.83. The number of aromatic amines is 1. The summed E-state index contributed by atoms with van der Waals surface area (Å²) in [6.07, 6.45) is -11.9. The number of alkyl halides is 2. The normalized spacial score (nSPS) is 24.9. The molecule has 324 valence electrons. The van der Waals surface area contributed by atoms with Gasteiger partial charge in [-0.25, -0.2) is 23.7 Å². The first kappa shape index (κ1) is 43.8. The van der Waals surface area contributed by atoms with Crippen molar-refractivity contribution in [2.45, 2.75) is 69.5 Å². The number of carbonyl (C=O) groups excluding carboxylic acids is 2. The molecule has 6 heterocycles. The Balaban J connectivity index is 1.12. The van der Waals surface area contributed by atoms with Crippen molar-refractivity contribution in [1.29, 1.82) is 5.26 Å². The van der Waals surface area contributed by atoms with Crippen LogP contribution in [0.25, 0.3) is 22.3 Å². The minimum atomic E-state index is -3.81. The van der Waals surface area contributed by atoms with Crippen LogP contribution in [0.4, 0.5) is 20.5 Å². The van der Waals surface area contributed by atoms with E-state index < -0.39 is 103 Å². The highest BCUT2D eigenvalue weighted by Gasteiger charge is 2.51. The van der Waals surface area contributed by atoms with Crippen LogP contribution in [-0.2, 0) is 36.9 Å². The van der Waals surface area contributed by atoms with E-state index in [2.05, 4.69) is 45.9 Å². The second-order valence-corrected chi connectivity index (χ2v) is 15.5. The fraction of sp³-hybridized carbons (Fsp3) is 0.455. The van der Waals surface area contributed by atoms with Crippen LogP contribution in [-0.4, -0.2) is 123 Å². The summed E-state index contributed by atoms with van der Waals surface area (Å²) in [6, 6.07) is 10.1. The number of ether oxygens (including phenoxy) is 2. The number of fused-ring (bicyclic) bond motifs is 2. The number of nitrogens with zero attached hydrogens (tertiary/aromatic N) is 9. The Bertz CT molecular complexity index is 2490. The number of imidazole rings is 1. The number of amides is 2. The van der Waals surface area contributed by atoms with Crippen molar-refractivity contribution in [3.63, 3.8) is 0 Å². The molecule has 7 rings (SSSR count). The number of benzene rings is 1. The van der Waals surface area contributed by atoms with Crippen molar-refractivity contribution in [1.82, 2.24) is 44.5 Å². The second kappa shape index (κ2) is 19.2. The lowest BCUT2D eigenvalue weighted by molar-refractivity contribution is -0.118. The first-order chi connectivity index (χ1) is 29.4. The molecular weight excluding hydrogens is 856 g/mol. The van der Waals surface area contributed by atoms with E-state index in [0.717, 1.165) is 21.9 Å². The molecule has 2 amide bonds. The summed E-state index contributed by atoms with van der Waals surface area (Å²) in [7, 11) is -6.53. The van der Waals surface area contributed by atoms with Gasteiger partial charge in [0.25, 0.3) is 11.5 Å². The van der Waals surface area contributed by atoms with Crippen LogP contribution in [0.15, 0.2) is 47.8 Å². The largest absolute Gasteiger partial charge is 0.394 e. The number of aromatic nitrogens is 9. The lowest BCUT2D eigenvalue weighted by Gasteiger charge is -2.26. The molecule has 2 aliphatic rings. The number of rotatable bonds is 17. The third-order valence-corrected chi connectivity index (χ3v) is 10.8. The van der Waals surface area contributed by atoms with Gasteiger partial charge in [0.1, 0.15) is 30.7 Å². The van der Waals surface area contributed by atoms with Gasteiger partial charge in [0.05, 0.1) is 38.6 Å². The maximum Gasteiger partial charge on any atom is 0.333 e. The van der Waals surface area contributed by atoms with E-state index in [9.17, 15) is 34.2 Å². The minimum Gasteiger partial charge on any atom is -0.394 e. The smallest absolute Gasteiger partial charge is 0.333 e. The zero-order valence-electron chi connectivity index (χ0n) is 31.8. The summed E-state index contributed by atoms with van der Waals surface area (Å²) < 4.78 is 80.5. The maximum absolute atomic E-state index is 16.2. The number of hydrogen-bond donors (Lipinski definition) is 5. The summed E-state index contributed by atoms with van der Waals surface area (Å²) in [4.78, 5) is 66.7. The van der Waals surface area contributed by atoms with Crippen molar-refractivity contribution in [2.75, 3.05) is 30.5 Å².